The van der Waals surface area contributed by atoms with Gasteiger partial charge < -0.3 is 23.5 Å². The van der Waals surface area contributed by atoms with Crippen LogP contribution in [0.2, 0.25) is 0 Å². The molecule has 152 valence electrons. The molecule has 0 radical (unpaired) electrons. The van der Waals surface area contributed by atoms with Crippen LogP contribution in [-0.2, 0) is 22.6 Å². The van der Waals surface area contributed by atoms with Crippen molar-refractivity contribution in [3.8, 4) is 17.1 Å². The van der Waals surface area contributed by atoms with Gasteiger partial charge in [-0.2, -0.15) is 0 Å². The third-order valence-electron chi connectivity index (χ3n) is 4.94. The minimum Gasteiger partial charge on any atom is -0.484 e. The van der Waals surface area contributed by atoms with Gasteiger partial charge in [-0.15, -0.1) is 0 Å². The van der Waals surface area contributed by atoms with E-state index in [0.717, 1.165) is 23.6 Å². The number of nitrogens with zero attached hydrogens (tertiary/aromatic N) is 5. The highest BCUT2D eigenvalue weighted by Crippen LogP contribution is 2.22. The molecule has 3 heterocycles. The fraction of sp³-hybridized carbons (Fsp3) is 0.381. The second kappa shape index (κ2) is 8.91. The Morgan fingerprint density at radius 3 is 2.69 bits per heavy atom. The Hall–Kier alpha value is -3.13. The molecule has 1 aliphatic heterocycles. The van der Waals surface area contributed by atoms with E-state index in [1.807, 2.05) is 43.0 Å². The van der Waals surface area contributed by atoms with Crippen molar-refractivity contribution in [2.24, 2.45) is 0 Å². The Morgan fingerprint density at radius 1 is 1.17 bits per heavy atom. The van der Waals surface area contributed by atoms with Gasteiger partial charge >= 0.3 is 0 Å². The Bertz CT molecular complexity index is 941. The lowest BCUT2D eigenvalue weighted by atomic mass is 10.2. The summed E-state index contributed by atoms with van der Waals surface area (Å²) in [6, 6.07) is 7.65. The first-order valence-electron chi connectivity index (χ1n) is 9.83. The van der Waals surface area contributed by atoms with Gasteiger partial charge in [-0.25, -0.2) is 9.97 Å². The van der Waals surface area contributed by atoms with E-state index >= 15 is 0 Å². The van der Waals surface area contributed by atoms with Crippen LogP contribution in [-0.4, -0.2) is 62.8 Å². The highest BCUT2D eigenvalue weighted by Gasteiger charge is 2.17. The minimum absolute atomic E-state index is 0.0144. The standard InChI is InChI=1S/C21H25N5O3/c1-2-24-13-18(23-16-24)14-26-8-7-22-21(26)17-3-5-19(6-4-17)29-15-20(27)25-9-11-28-12-10-25/h3-8,13,16H,2,9-12,14-15H2,1H3. The number of rotatable bonds is 7. The van der Waals surface area contributed by atoms with Crippen LogP contribution < -0.4 is 4.74 Å². The van der Waals surface area contributed by atoms with Gasteiger partial charge in [0.15, 0.2) is 6.61 Å². The van der Waals surface area contributed by atoms with E-state index in [9.17, 15) is 4.79 Å². The molecule has 0 aliphatic carbocycles. The smallest absolute Gasteiger partial charge is 0.260 e. The third-order valence-corrected chi connectivity index (χ3v) is 4.94. The summed E-state index contributed by atoms with van der Waals surface area (Å²) in [6.45, 7) is 6.12. The number of ether oxygens (including phenoxy) is 2. The molecule has 2 aromatic heterocycles. The number of carbonyl (C=O) groups excluding carboxylic acids is 1. The summed E-state index contributed by atoms with van der Waals surface area (Å²) in [5.41, 5.74) is 1.98. The maximum atomic E-state index is 12.2. The SMILES string of the molecule is CCn1cnc(Cn2ccnc2-c2ccc(OCC(=O)N3CCOCC3)cc2)c1. The van der Waals surface area contributed by atoms with Gasteiger partial charge in [0.1, 0.15) is 11.6 Å². The van der Waals surface area contributed by atoms with Gasteiger partial charge in [0, 0.05) is 43.8 Å². The molecule has 1 aliphatic rings. The second-order valence-corrected chi connectivity index (χ2v) is 6.88. The maximum absolute atomic E-state index is 12.2. The van der Waals surface area contributed by atoms with Crippen LogP contribution in [0, 0.1) is 0 Å². The Morgan fingerprint density at radius 2 is 1.97 bits per heavy atom. The molecule has 8 nitrogen and oxygen atoms in total. The first-order chi connectivity index (χ1) is 14.2. The zero-order valence-electron chi connectivity index (χ0n) is 16.5. The Kier molecular flexibility index (Phi) is 5.90. The third kappa shape index (κ3) is 4.65. The Labute approximate surface area is 169 Å². The van der Waals surface area contributed by atoms with Crippen LogP contribution in [0.25, 0.3) is 11.4 Å². The number of aryl methyl sites for hydroxylation is 1. The molecule has 1 amide bonds. The zero-order valence-corrected chi connectivity index (χ0v) is 16.5. The summed E-state index contributed by atoms with van der Waals surface area (Å²) < 4.78 is 15.1. The lowest BCUT2D eigenvalue weighted by molar-refractivity contribution is -0.137. The number of carbonyl (C=O) groups is 1. The summed E-state index contributed by atoms with van der Waals surface area (Å²) in [7, 11) is 0. The van der Waals surface area contributed by atoms with Crippen LogP contribution in [0.3, 0.4) is 0 Å². The molecule has 0 N–H and O–H groups in total. The molecule has 1 aromatic carbocycles. The lowest BCUT2D eigenvalue weighted by Crippen LogP contribution is -2.42. The summed E-state index contributed by atoms with van der Waals surface area (Å²) in [5, 5.41) is 0. The van der Waals surface area contributed by atoms with Gasteiger partial charge in [0.2, 0.25) is 0 Å². The molecule has 3 aromatic rings. The summed E-state index contributed by atoms with van der Waals surface area (Å²) >= 11 is 0. The molecule has 1 saturated heterocycles. The predicted octanol–water partition coefficient (Wildman–Crippen LogP) is 2.05. The molecular weight excluding hydrogens is 370 g/mol. The van der Waals surface area contributed by atoms with E-state index < -0.39 is 0 Å². The first kappa shape index (κ1) is 19.2. The van der Waals surface area contributed by atoms with Crippen molar-refractivity contribution in [3.63, 3.8) is 0 Å². The van der Waals surface area contributed by atoms with Crippen molar-refractivity contribution in [2.45, 2.75) is 20.0 Å². The van der Waals surface area contributed by atoms with Crippen molar-refractivity contribution in [3.05, 3.63) is 54.9 Å². The van der Waals surface area contributed by atoms with Crippen molar-refractivity contribution >= 4 is 5.91 Å². The monoisotopic (exact) mass is 395 g/mol. The number of morpholine rings is 1. The highest BCUT2D eigenvalue weighted by atomic mass is 16.5. The summed E-state index contributed by atoms with van der Waals surface area (Å²) in [5.74, 6) is 1.52. The maximum Gasteiger partial charge on any atom is 0.260 e. The number of hydrogen-bond acceptors (Lipinski definition) is 5. The lowest BCUT2D eigenvalue weighted by Gasteiger charge is -2.26. The van der Waals surface area contributed by atoms with Crippen LogP contribution in [0.4, 0.5) is 0 Å². The first-order valence-corrected chi connectivity index (χ1v) is 9.83. The molecule has 0 spiro atoms. The Balaban J connectivity index is 1.38. The van der Waals surface area contributed by atoms with Crippen LogP contribution in [0.15, 0.2) is 49.2 Å². The largest absolute Gasteiger partial charge is 0.484 e. The number of aromatic nitrogens is 4. The molecular formula is C21H25N5O3. The topological polar surface area (TPSA) is 74.4 Å². The molecule has 1 fully saturated rings. The minimum atomic E-state index is -0.0144. The quantitative estimate of drug-likeness (QED) is 0.612. The van der Waals surface area contributed by atoms with Gasteiger partial charge in [-0.05, 0) is 31.2 Å². The van der Waals surface area contributed by atoms with Crippen molar-refractivity contribution in [1.29, 1.82) is 0 Å². The van der Waals surface area contributed by atoms with Crippen LogP contribution in [0.1, 0.15) is 12.6 Å². The van der Waals surface area contributed by atoms with E-state index in [4.69, 9.17) is 9.47 Å². The molecule has 8 heteroatoms. The molecule has 29 heavy (non-hydrogen) atoms. The van der Waals surface area contributed by atoms with Gasteiger partial charge in [-0.3, -0.25) is 4.79 Å². The van der Waals surface area contributed by atoms with Crippen LogP contribution in [0.5, 0.6) is 5.75 Å². The number of amides is 1. The van der Waals surface area contributed by atoms with E-state index in [1.165, 1.54) is 0 Å². The van der Waals surface area contributed by atoms with E-state index in [-0.39, 0.29) is 12.5 Å². The van der Waals surface area contributed by atoms with Gasteiger partial charge in [0.05, 0.1) is 31.8 Å². The molecule has 0 saturated carbocycles. The van der Waals surface area contributed by atoms with Crippen molar-refractivity contribution < 1.29 is 14.3 Å². The predicted molar refractivity (Wildman–Crippen MR) is 108 cm³/mol. The highest BCUT2D eigenvalue weighted by molar-refractivity contribution is 5.77. The molecule has 0 atom stereocenters. The second-order valence-electron chi connectivity index (χ2n) is 6.88. The van der Waals surface area contributed by atoms with E-state index in [1.54, 1.807) is 11.1 Å². The normalized spacial score (nSPS) is 14.2. The molecule has 4 rings (SSSR count). The molecule has 0 unspecified atom stereocenters. The molecule has 0 bridgehead atoms. The van der Waals surface area contributed by atoms with Crippen molar-refractivity contribution in [2.75, 3.05) is 32.9 Å². The van der Waals surface area contributed by atoms with Gasteiger partial charge in [0.25, 0.3) is 5.91 Å². The van der Waals surface area contributed by atoms with Crippen LogP contribution >= 0.6 is 0 Å². The van der Waals surface area contributed by atoms with E-state index in [2.05, 4.69) is 26.0 Å². The number of imidazole rings is 2. The fourth-order valence-corrected chi connectivity index (χ4v) is 3.28. The average Bonchev–Trinajstić information content (AvgIpc) is 3.43. The zero-order chi connectivity index (χ0) is 20.1. The number of benzene rings is 1. The fourth-order valence-electron chi connectivity index (χ4n) is 3.28. The van der Waals surface area contributed by atoms with Crippen molar-refractivity contribution in [1.82, 2.24) is 24.0 Å². The summed E-state index contributed by atoms with van der Waals surface area (Å²) in [6.07, 6.45) is 7.63. The summed E-state index contributed by atoms with van der Waals surface area (Å²) in [4.78, 5) is 22.9. The number of hydrogen-bond donors (Lipinski definition) is 0. The van der Waals surface area contributed by atoms with Gasteiger partial charge in [-0.1, -0.05) is 0 Å². The van der Waals surface area contributed by atoms with E-state index in [0.29, 0.717) is 38.6 Å². The average molecular weight is 395 g/mol.